The molecule has 0 bridgehead atoms. The molecule has 0 aromatic heterocycles. The summed E-state index contributed by atoms with van der Waals surface area (Å²) in [5.74, 6) is 7.15. The van der Waals surface area contributed by atoms with Gasteiger partial charge in [0.15, 0.2) is 0 Å². The SMILES string of the molecule is CC(C)CCC[C@@H](C)[C@H]1CC[C@H]2[C@@H]3CCC4CCCC[C@]4(C)[C@H]3CC[C@]12C.CN. The molecule has 0 spiro atoms. The number of nitrogens with two attached hydrogens (primary N) is 1. The zero-order valence-corrected chi connectivity index (χ0v) is 20.8. The van der Waals surface area contributed by atoms with E-state index < -0.39 is 0 Å². The minimum absolute atomic E-state index is 0.677. The Labute approximate surface area is 183 Å². The van der Waals surface area contributed by atoms with Crippen molar-refractivity contribution >= 4 is 0 Å². The van der Waals surface area contributed by atoms with E-state index in [-0.39, 0.29) is 0 Å². The van der Waals surface area contributed by atoms with Gasteiger partial charge >= 0.3 is 0 Å². The fourth-order valence-corrected chi connectivity index (χ4v) is 9.32. The van der Waals surface area contributed by atoms with Gasteiger partial charge in [-0.25, -0.2) is 0 Å². The molecule has 4 aliphatic rings. The number of rotatable bonds is 5. The molecule has 4 rings (SSSR count). The van der Waals surface area contributed by atoms with Gasteiger partial charge in [-0.3, -0.25) is 0 Å². The molecule has 29 heavy (non-hydrogen) atoms. The van der Waals surface area contributed by atoms with Crippen LogP contribution in [0.4, 0.5) is 0 Å². The van der Waals surface area contributed by atoms with Crippen molar-refractivity contribution < 1.29 is 0 Å². The molecule has 4 saturated carbocycles. The van der Waals surface area contributed by atoms with E-state index >= 15 is 0 Å². The van der Waals surface area contributed by atoms with Crippen LogP contribution in [-0.2, 0) is 0 Å². The highest BCUT2D eigenvalue weighted by atomic mass is 14.6. The second-order valence-electron chi connectivity index (χ2n) is 12.4. The first-order chi connectivity index (χ1) is 13.9. The molecule has 1 heteroatoms. The van der Waals surface area contributed by atoms with Crippen molar-refractivity contribution in [3.63, 3.8) is 0 Å². The third kappa shape index (κ3) is 4.33. The summed E-state index contributed by atoms with van der Waals surface area (Å²) in [4.78, 5) is 0. The Bertz CT molecular complexity index is 512. The fourth-order valence-electron chi connectivity index (χ4n) is 9.32. The zero-order valence-electron chi connectivity index (χ0n) is 20.8. The molecule has 8 atom stereocenters. The fraction of sp³-hybridized carbons (Fsp3) is 1.00. The third-order valence-corrected chi connectivity index (χ3v) is 10.8. The summed E-state index contributed by atoms with van der Waals surface area (Å²) in [7, 11) is 1.50. The van der Waals surface area contributed by atoms with E-state index in [4.69, 9.17) is 0 Å². The largest absolute Gasteiger partial charge is 0.333 e. The van der Waals surface area contributed by atoms with Crippen molar-refractivity contribution in [1.82, 2.24) is 0 Å². The van der Waals surface area contributed by atoms with Gasteiger partial charge in [0.2, 0.25) is 0 Å². The molecule has 0 amide bonds. The molecular weight excluding hydrogens is 350 g/mol. The van der Waals surface area contributed by atoms with Crippen LogP contribution < -0.4 is 5.73 Å². The normalized spacial score (nSPS) is 44.9. The molecule has 0 radical (unpaired) electrons. The highest BCUT2D eigenvalue weighted by Crippen LogP contribution is 2.68. The summed E-state index contributed by atoms with van der Waals surface area (Å²) in [5.41, 5.74) is 5.89. The standard InChI is InChI=1S/C27H48.CH5N/c1-19(2)9-8-10-20(3)23-14-15-24-22-13-12-21-11-6-7-17-26(21,4)25(22)16-18-27(23,24)5;1-2/h19-25H,6-18H2,1-5H3;2H2,1H3/t20-,21?,22+,23-,24+,25+,26+,27-;/m1./s1. The Hall–Kier alpha value is -0.0400. The summed E-state index contributed by atoms with van der Waals surface area (Å²) in [6.45, 7) is 12.9. The van der Waals surface area contributed by atoms with E-state index in [0.717, 1.165) is 41.4 Å². The first kappa shape index (κ1) is 23.6. The average Bonchev–Trinajstić information content (AvgIpc) is 3.06. The lowest BCUT2D eigenvalue weighted by molar-refractivity contribution is -0.114. The molecule has 1 nitrogen and oxygen atoms in total. The summed E-state index contributed by atoms with van der Waals surface area (Å²) < 4.78 is 0. The predicted octanol–water partition coefficient (Wildman–Crippen LogP) is 8.07. The van der Waals surface area contributed by atoms with Crippen molar-refractivity contribution in [3.05, 3.63) is 0 Å². The number of hydrogen-bond donors (Lipinski definition) is 1. The lowest BCUT2D eigenvalue weighted by Gasteiger charge is -2.61. The number of fused-ring (bicyclic) bond motifs is 5. The maximum Gasteiger partial charge on any atom is -0.0195 e. The van der Waals surface area contributed by atoms with Crippen molar-refractivity contribution in [2.24, 2.45) is 58.0 Å². The lowest BCUT2D eigenvalue weighted by atomic mass is 9.44. The zero-order chi connectivity index (χ0) is 21.2. The second kappa shape index (κ2) is 9.62. The van der Waals surface area contributed by atoms with Crippen LogP contribution in [0.25, 0.3) is 0 Å². The predicted molar refractivity (Wildman–Crippen MR) is 128 cm³/mol. The molecule has 0 saturated heterocycles. The average molecular weight is 404 g/mol. The van der Waals surface area contributed by atoms with Crippen LogP contribution in [0.15, 0.2) is 0 Å². The maximum atomic E-state index is 4.50. The first-order valence-corrected chi connectivity index (χ1v) is 13.4. The molecule has 0 aromatic carbocycles. The molecule has 0 aliphatic heterocycles. The maximum absolute atomic E-state index is 4.50. The van der Waals surface area contributed by atoms with Gasteiger partial charge in [-0.2, -0.15) is 0 Å². The minimum atomic E-state index is 0.677. The van der Waals surface area contributed by atoms with Gasteiger partial charge in [0.05, 0.1) is 0 Å². The van der Waals surface area contributed by atoms with Crippen LogP contribution in [0.5, 0.6) is 0 Å². The highest BCUT2D eigenvalue weighted by Gasteiger charge is 2.59. The Balaban J connectivity index is 0.00000117. The smallest absolute Gasteiger partial charge is 0.0195 e. The molecule has 0 heterocycles. The van der Waals surface area contributed by atoms with Crippen LogP contribution in [-0.4, -0.2) is 7.05 Å². The first-order valence-electron chi connectivity index (χ1n) is 13.4. The van der Waals surface area contributed by atoms with E-state index in [9.17, 15) is 0 Å². The van der Waals surface area contributed by atoms with Gasteiger partial charge in [0.25, 0.3) is 0 Å². The number of hydrogen-bond acceptors (Lipinski definition) is 1. The Morgan fingerprint density at radius 3 is 2.21 bits per heavy atom. The van der Waals surface area contributed by atoms with Crippen molar-refractivity contribution in [2.75, 3.05) is 7.05 Å². The Morgan fingerprint density at radius 1 is 0.759 bits per heavy atom. The topological polar surface area (TPSA) is 26.0 Å². The van der Waals surface area contributed by atoms with Crippen molar-refractivity contribution in [3.8, 4) is 0 Å². The van der Waals surface area contributed by atoms with Crippen molar-refractivity contribution in [2.45, 2.75) is 118 Å². The minimum Gasteiger partial charge on any atom is -0.333 e. The molecule has 4 fully saturated rings. The van der Waals surface area contributed by atoms with Crippen LogP contribution in [0.2, 0.25) is 0 Å². The van der Waals surface area contributed by atoms with Gasteiger partial charge in [0.1, 0.15) is 0 Å². The van der Waals surface area contributed by atoms with Gasteiger partial charge in [-0.15, -0.1) is 0 Å². The molecule has 170 valence electrons. The van der Waals surface area contributed by atoms with E-state index in [1.165, 1.54) is 39.2 Å². The quantitative estimate of drug-likeness (QED) is 0.493. The second-order valence-corrected chi connectivity index (χ2v) is 12.4. The molecule has 0 aromatic rings. The van der Waals surface area contributed by atoms with Crippen LogP contribution in [0.3, 0.4) is 0 Å². The summed E-state index contributed by atoms with van der Waals surface area (Å²) in [5, 5.41) is 0. The van der Waals surface area contributed by atoms with Crippen LogP contribution in [0.1, 0.15) is 118 Å². The summed E-state index contributed by atoms with van der Waals surface area (Å²) in [6.07, 6.45) is 19.9. The van der Waals surface area contributed by atoms with E-state index in [0.29, 0.717) is 10.8 Å². The molecule has 1 unspecified atom stereocenters. The Morgan fingerprint density at radius 2 is 1.48 bits per heavy atom. The lowest BCUT2D eigenvalue weighted by Crippen LogP contribution is -2.53. The van der Waals surface area contributed by atoms with E-state index in [1.807, 2.05) is 0 Å². The van der Waals surface area contributed by atoms with Gasteiger partial charge in [-0.05, 0) is 111 Å². The molecule has 4 aliphatic carbocycles. The van der Waals surface area contributed by atoms with Gasteiger partial charge in [-0.1, -0.05) is 66.7 Å². The van der Waals surface area contributed by atoms with E-state index in [1.54, 1.807) is 51.4 Å². The third-order valence-electron chi connectivity index (χ3n) is 10.8. The summed E-state index contributed by atoms with van der Waals surface area (Å²) >= 11 is 0. The van der Waals surface area contributed by atoms with Crippen molar-refractivity contribution in [1.29, 1.82) is 0 Å². The van der Waals surface area contributed by atoms with E-state index in [2.05, 4.69) is 40.4 Å². The van der Waals surface area contributed by atoms with Gasteiger partial charge in [0, 0.05) is 0 Å². The highest BCUT2D eigenvalue weighted by molar-refractivity contribution is 5.09. The molecular formula is C28H53N. The van der Waals surface area contributed by atoms with Gasteiger partial charge < -0.3 is 5.73 Å². The van der Waals surface area contributed by atoms with Crippen LogP contribution in [0, 0.1) is 52.3 Å². The monoisotopic (exact) mass is 403 g/mol. The van der Waals surface area contributed by atoms with Crippen LogP contribution >= 0.6 is 0 Å². The molecule has 2 N–H and O–H groups in total. The summed E-state index contributed by atoms with van der Waals surface area (Å²) in [6, 6.07) is 0. The Kier molecular flexibility index (Phi) is 7.84.